The van der Waals surface area contributed by atoms with Crippen LogP contribution in [0, 0.1) is 6.92 Å². The van der Waals surface area contributed by atoms with Crippen molar-refractivity contribution in [3.05, 3.63) is 89.5 Å². The number of amides is 3. The van der Waals surface area contributed by atoms with Gasteiger partial charge in [0.25, 0.3) is 5.91 Å². The van der Waals surface area contributed by atoms with Crippen LogP contribution in [0.1, 0.15) is 21.5 Å². The van der Waals surface area contributed by atoms with Gasteiger partial charge in [0.2, 0.25) is 0 Å². The normalized spacial score (nSPS) is 10.3. The molecule has 3 aromatic carbocycles. The number of nitrogens with zero attached hydrogens (tertiary/aromatic N) is 1. The maximum Gasteiger partial charge on any atom is 0.321 e. The van der Waals surface area contributed by atoms with Crippen molar-refractivity contribution in [3.63, 3.8) is 0 Å². The zero-order valence-electron chi connectivity index (χ0n) is 16.3. The molecule has 0 unspecified atom stereocenters. The molecule has 0 radical (unpaired) electrons. The van der Waals surface area contributed by atoms with Gasteiger partial charge in [-0.3, -0.25) is 4.79 Å². The van der Waals surface area contributed by atoms with Crippen molar-refractivity contribution in [1.29, 1.82) is 0 Å². The molecule has 29 heavy (non-hydrogen) atoms. The third-order valence-corrected chi connectivity index (χ3v) is 4.52. The fourth-order valence-electron chi connectivity index (χ4n) is 2.81. The van der Waals surface area contributed by atoms with Crippen molar-refractivity contribution in [2.24, 2.45) is 0 Å². The van der Waals surface area contributed by atoms with Gasteiger partial charge >= 0.3 is 6.03 Å². The Morgan fingerprint density at radius 1 is 0.931 bits per heavy atom. The first kappa shape index (κ1) is 19.9. The summed E-state index contributed by atoms with van der Waals surface area (Å²) in [6, 6.07) is 20.9. The Hall–Kier alpha value is -3.80. The van der Waals surface area contributed by atoms with Gasteiger partial charge in [0.1, 0.15) is 5.75 Å². The van der Waals surface area contributed by atoms with E-state index in [0.29, 0.717) is 22.5 Å². The van der Waals surface area contributed by atoms with Crippen LogP contribution < -0.4 is 10.6 Å². The maximum atomic E-state index is 12.6. The fourth-order valence-corrected chi connectivity index (χ4v) is 2.81. The third kappa shape index (κ3) is 5.13. The lowest BCUT2D eigenvalue weighted by Gasteiger charge is -2.20. The topological polar surface area (TPSA) is 81.7 Å². The molecule has 0 bridgehead atoms. The number of phenolic OH excluding ortho intramolecular Hbond substituents is 1. The van der Waals surface area contributed by atoms with Crippen LogP contribution in [0.15, 0.2) is 72.8 Å². The lowest BCUT2D eigenvalue weighted by molar-refractivity contribution is 0.102. The summed E-state index contributed by atoms with van der Waals surface area (Å²) in [5.41, 5.74) is 3.19. The van der Waals surface area contributed by atoms with Gasteiger partial charge in [0.15, 0.2) is 0 Å². The number of para-hydroxylation sites is 2. The molecule has 0 aliphatic rings. The Labute approximate surface area is 169 Å². The summed E-state index contributed by atoms with van der Waals surface area (Å²) in [7, 11) is 1.64. The molecule has 0 spiro atoms. The van der Waals surface area contributed by atoms with Gasteiger partial charge in [-0.2, -0.15) is 0 Å². The zero-order valence-corrected chi connectivity index (χ0v) is 16.3. The molecule has 0 aromatic heterocycles. The maximum absolute atomic E-state index is 12.6. The Morgan fingerprint density at radius 3 is 2.34 bits per heavy atom. The first-order valence-electron chi connectivity index (χ1n) is 9.20. The number of hydrogen-bond acceptors (Lipinski definition) is 3. The van der Waals surface area contributed by atoms with Crippen LogP contribution in [-0.4, -0.2) is 29.0 Å². The predicted octanol–water partition coefficient (Wildman–Crippen LogP) is 4.62. The van der Waals surface area contributed by atoms with E-state index in [-0.39, 0.29) is 24.2 Å². The van der Waals surface area contributed by atoms with Gasteiger partial charge in [-0.25, -0.2) is 4.79 Å². The lowest BCUT2D eigenvalue weighted by atomic mass is 10.1. The van der Waals surface area contributed by atoms with Gasteiger partial charge in [-0.15, -0.1) is 0 Å². The van der Waals surface area contributed by atoms with E-state index in [0.717, 1.165) is 5.56 Å². The lowest BCUT2D eigenvalue weighted by Crippen LogP contribution is -2.31. The summed E-state index contributed by atoms with van der Waals surface area (Å²) in [5.74, 6) is -0.114. The highest BCUT2D eigenvalue weighted by Crippen LogP contribution is 2.20. The SMILES string of the molecule is Cc1ccc(C(=O)Nc2ccccc2)cc1NC(=O)N(C)Cc1ccccc1O. The van der Waals surface area contributed by atoms with E-state index in [1.807, 2.05) is 37.3 Å². The average Bonchev–Trinajstić information content (AvgIpc) is 2.72. The molecule has 6 heteroatoms. The molecule has 0 saturated carbocycles. The molecule has 3 aromatic rings. The molecule has 0 atom stereocenters. The number of aryl methyl sites for hydroxylation is 1. The van der Waals surface area contributed by atoms with Crippen molar-refractivity contribution in [3.8, 4) is 5.75 Å². The minimum Gasteiger partial charge on any atom is -0.508 e. The van der Waals surface area contributed by atoms with Crippen LogP contribution in [0.5, 0.6) is 5.75 Å². The number of carbonyl (C=O) groups is 2. The van der Waals surface area contributed by atoms with Crippen LogP contribution in [0.25, 0.3) is 0 Å². The summed E-state index contributed by atoms with van der Waals surface area (Å²) >= 11 is 0. The Balaban J connectivity index is 1.70. The van der Waals surface area contributed by atoms with E-state index in [2.05, 4.69) is 10.6 Å². The predicted molar refractivity (Wildman–Crippen MR) is 114 cm³/mol. The van der Waals surface area contributed by atoms with E-state index in [9.17, 15) is 14.7 Å². The first-order chi connectivity index (χ1) is 13.9. The summed E-state index contributed by atoms with van der Waals surface area (Å²) in [5, 5.41) is 15.6. The number of nitrogens with one attached hydrogen (secondary N) is 2. The quantitative estimate of drug-likeness (QED) is 0.596. The monoisotopic (exact) mass is 389 g/mol. The molecule has 3 N–H and O–H groups in total. The number of phenols is 1. The van der Waals surface area contributed by atoms with Crippen LogP contribution in [0.2, 0.25) is 0 Å². The summed E-state index contributed by atoms with van der Waals surface area (Å²) < 4.78 is 0. The molecule has 0 aliphatic carbocycles. The molecular weight excluding hydrogens is 366 g/mol. The van der Waals surface area contributed by atoms with Gasteiger partial charge in [0, 0.05) is 29.5 Å². The minimum absolute atomic E-state index is 0.142. The van der Waals surface area contributed by atoms with E-state index in [4.69, 9.17) is 0 Å². The highest BCUT2D eigenvalue weighted by atomic mass is 16.3. The summed E-state index contributed by atoms with van der Waals surface area (Å²) in [4.78, 5) is 26.6. The number of benzene rings is 3. The number of aromatic hydroxyl groups is 1. The molecule has 0 aliphatic heterocycles. The minimum atomic E-state index is -0.336. The molecule has 3 rings (SSSR count). The van der Waals surface area contributed by atoms with Crippen LogP contribution in [0.4, 0.5) is 16.2 Å². The van der Waals surface area contributed by atoms with Crippen LogP contribution in [0.3, 0.4) is 0 Å². The molecule has 3 amide bonds. The van der Waals surface area contributed by atoms with Gasteiger partial charge in [-0.05, 0) is 42.8 Å². The number of anilines is 2. The standard InChI is InChI=1S/C23H23N3O3/c1-16-12-13-17(22(28)24-19-9-4-3-5-10-19)14-20(16)25-23(29)26(2)15-18-8-6-7-11-21(18)27/h3-14,27H,15H2,1-2H3,(H,24,28)(H,25,29). The molecular formula is C23H23N3O3. The van der Waals surface area contributed by atoms with Crippen LogP contribution >= 0.6 is 0 Å². The smallest absolute Gasteiger partial charge is 0.321 e. The second-order valence-corrected chi connectivity index (χ2v) is 6.76. The highest BCUT2D eigenvalue weighted by molar-refractivity contribution is 6.05. The van der Waals surface area contributed by atoms with E-state index in [1.165, 1.54) is 4.90 Å². The van der Waals surface area contributed by atoms with Crippen molar-refractivity contribution in [2.45, 2.75) is 13.5 Å². The summed E-state index contributed by atoms with van der Waals surface area (Å²) in [6.45, 7) is 2.11. The zero-order chi connectivity index (χ0) is 20.8. The number of urea groups is 1. The van der Waals surface area contributed by atoms with Gasteiger partial charge in [-0.1, -0.05) is 42.5 Å². The Bertz CT molecular complexity index is 1020. The van der Waals surface area contributed by atoms with E-state index < -0.39 is 0 Å². The molecule has 0 fully saturated rings. The molecule has 148 valence electrons. The average molecular weight is 389 g/mol. The summed E-state index contributed by atoms with van der Waals surface area (Å²) in [6.07, 6.45) is 0. The van der Waals surface area contributed by atoms with Gasteiger partial charge < -0.3 is 20.6 Å². The van der Waals surface area contributed by atoms with Crippen molar-refractivity contribution < 1.29 is 14.7 Å². The highest BCUT2D eigenvalue weighted by Gasteiger charge is 2.14. The molecule has 0 saturated heterocycles. The second kappa shape index (κ2) is 8.93. The van der Waals surface area contributed by atoms with Gasteiger partial charge in [0.05, 0.1) is 6.54 Å². The van der Waals surface area contributed by atoms with Crippen molar-refractivity contribution in [1.82, 2.24) is 4.90 Å². The molecule has 0 heterocycles. The number of hydrogen-bond donors (Lipinski definition) is 3. The Kier molecular flexibility index (Phi) is 6.14. The Morgan fingerprint density at radius 2 is 1.62 bits per heavy atom. The van der Waals surface area contributed by atoms with Crippen molar-refractivity contribution >= 4 is 23.3 Å². The second-order valence-electron chi connectivity index (χ2n) is 6.76. The number of carbonyl (C=O) groups excluding carboxylic acids is 2. The molecule has 6 nitrogen and oxygen atoms in total. The van der Waals surface area contributed by atoms with Crippen molar-refractivity contribution in [2.75, 3.05) is 17.7 Å². The van der Waals surface area contributed by atoms with E-state index >= 15 is 0 Å². The largest absolute Gasteiger partial charge is 0.508 e. The fraction of sp³-hybridized carbons (Fsp3) is 0.130. The third-order valence-electron chi connectivity index (χ3n) is 4.52. The first-order valence-corrected chi connectivity index (χ1v) is 9.20. The van der Waals surface area contributed by atoms with E-state index in [1.54, 1.807) is 49.5 Å². The van der Waals surface area contributed by atoms with Crippen LogP contribution in [-0.2, 0) is 6.54 Å². The number of rotatable bonds is 5.